The molecule has 0 spiro atoms. The van der Waals surface area contributed by atoms with E-state index in [1.165, 1.54) is 5.56 Å². The summed E-state index contributed by atoms with van der Waals surface area (Å²) in [6.07, 6.45) is 0.987. The van der Waals surface area contributed by atoms with Crippen molar-refractivity contribution in [3.63, 3.8) is 0 Å². The Morgan fingerprint density at radius 1 is 1.07 bits per heavy atom. The minimum absolute atomic E-state index is 0.0434. The van der Waals surface area contributed by atoms with E-state index < -0.39 is 0 Å². The van der Waals surface area contributed by atoms with Gasteiger partial charge in [-0.15, -0.1) is 0 Å². The number of fused-ring (bicyclic) bond motifs is 1. The van der Waals surface area contributed by atoms with Crippen LogP contribution in [0.5, 0.6) is 5.75 Å². The molecule has 5 nitrogen and oxygen atoms in total. The van der Waals surface area contributed by atoms with Crippen LogP contribution in [0.25, 0.3) is 0 Å². The highest BCUT2D eigenvalue weighted by molar-refractivity contribution is 5.94. The van der Waals surface area contributed by atoms with Gasteiger partial charge in [-0.3, -0.25) is 9.59 Å². The molecule has 1 aliphatic heterocycles. The van der Waals surface area contributed by atoms with Crippen molar-refractivity contribution >= 4 is 11.8 Å². The van der Waals surface area contributed by atoms with Crippen LogP contribution in [0.4, 0.5) is 0 Å². The fourth-order valence-corrected chi connectivity index (χ4v) is 3.27. The van der Waals surface area contributed by atoms with Gasteiger partial charge in [-0.25, -0.2) is 0 Å². The zero-order valence-corrected chi connectivity index (χ0v) is 16.7. The van der Waals surface area contributed by atoms with Gasteiger partial charge in [-0.05, 0) is 29.2 Å². The lowest BCUT2D eigenvalue weighted by Crippen LogP contribution is -2.35. The maximum absolute atomic E-state index is 12.3. The Morgan fingerprint density at radius 2 is 1.79 bits per heavy atom. The van der Waals surface area contributed by atoms with Crippen LogP contribution in [-0.4, -0.2) is 25.0 Å². The summed E-state index contributed by atoms with van der Waals surface area (Å²) < 4.78 is 5.62. The summed E-state index contributed by atoms with van der Waals surface area (Å²) in [5, 5.41) is 5.86. The number of benzene rings is 2. The molecule has 0 saturated heterocycles. The Kier molecular flexibility index (Phi) is 6.02. The number of rotatable bonds is 5. The van der Waals surface area contributed by atoms with Crippen LogP contribution in [0, 0.1) is 0 Å². The molecule has 0 radical (unpaired) electrons. The van der Waals surface area contributed by atoms with Crippen LogP contribution < -0.4 is 15.4 Å². The van der Waals surface area contributed by atoms with Crippen LogP contribution in [0.2, 0.25) is 0 Å². The Morgan fingerprint density at radius 3 is 2.50 bits per heavy atom. The number of hydrogen-bond donors (Lipinski definition) is 2. The molecule has 148 valence electrons. The molecule has 1 unspecified atom stereocenters. The molecule has 2 amide bonds. The average molecular weight is 380 g/mol. The minimum atomic E-state index is -0.162. The summed E-state index contributed by atoms with van der Waals surface area (Å²) >= 11 is 0. The highest BCUT2D eigenvalue weighted by Crippen LogP contribution is 2.31. The van der Waals surface area contributed by atoms with E-state index in [0.29, 0.717) is 18.7 Å². The summed E-state index contributed by atoms with van der Waals surface area (Å²) in [5.41, 5.74) is 2.84. The number of nitrogens with one attached hydrogen (secondary N) is 2. The van der Waals surface area contributed by atoms with Gasteiger partial charge in [-0.2, -0.15) is 0 Å². The highest BCUT2D eigenvalue weighted by Gasteiger charge is 2.22. The van der Waals surface area contributed by atoms with E-state index in [1.54, 1.807) is 0 Å². The van der Waals surface area contributed by atoms with Crippen molar-refractivity contribution in [2.45, 2.75) is 45.1 Å². The van der Waals surface area contributed by atoms with E-state index >= 15 is 0 Å². The molecule has 2 aromatic rings. The van der Waals surface area contributed by atoms with Gasteiger partial charge >= 0.3 is 0 Å². The van der Waals surface area contributed by atoms with E-state index in [1.807, 2.05) is 48.5 Å². The molecule has 0 fully saturated rings. The van der Waals surface area contributed by atoms with Crippen LogP contribution >= 0.6 is 0 Å². The number of carbonyl (C=O) groups is 2. The lowest BCUT2D eigenvalue weighted by Gasteiger charge is -2.26. The molecule has 0 saturated carbocycles. The van der Waals surface area contributed by atoms with Crippen molar-refractivity contribution in [3.05, 3.63) is 65.2 Å². The third kappa shape index (κ3) is 4.91. The summed E-state index contributed by atoms with van der Waals surface area (Å²) in [4.78, 5) is 24.6. The van der Waals surface area contributed by atoms with E-state index in [2.05, 4.69) is 31.4 Å². The first-order valence-corrected chi connectivity index (χ1v) is 9.74. The fourth-order valence-electron chi connectivity index (χ4n) is 3.27. The number of hydrogen-bond acceptors (Lipinski definition) is 3. The zero-order chi connectivity index (χ0) is 20.1. The Bertz CT molecular complexity index is 838. The molecule has 3 rings (SSSR count). The molecule has 0 aromatic heterocycles. The van der Waals surface area contributed by atoms with Gasteiger partial charge in [0.2, 0.25) is 5.91 Å². The standard InChI is InChI=1S/C23H28N2O3/c1-23(2,3)17-10-8-16(9-11-17)22(27)24-14-12-21(26)25-19-13-15-28-20-7-5-4-6-18(19)20/h4-11,19H,12-15H2,1-3H3,(H,24,27)(H,25,26). The summed E-state index contributed by atoms with van der Waals surface area (Å²) in [6.45, 7) is 7.30. The predicted molar refractivity (Wildman–Crippen MR) is 110 cm³/mol. The van der Waals surface area contributed by atoms with Gasteiger partial charge < -0.3 is 15.4 Å². The first-order valence-electron chi connectivity index (χ1n) is 9.74. The number of amides is 2. The van der Waals surface area contributed by atoms with Crippen LogP contribution in [0.3, 0.4) is 0 Å². The molecule has 28 heavy (non-hydrogen) atoms. The lowest BCUT2D eigenvalue weighted by atomic mass is 9.87. The molecule has 0 bridgehead atoms. The van der Waals surface area contributed by atoms with Gasteiger partial charge in [-0.1, -0.05) is 51.1 Å². The number of carbonyl (C=O) groups excluding carboxylic acids is 2. The first kappa shape index (κ1) is 19.9. The molecule has 2 N–H and O–H groups in total. The lowest BCUT2D eigenvalue weighted by molar-refractivity contribution is -0.121. The van der Waals surface area contributed by atoms with Gasteiger partial charge in [0.1, 0.15) is 5.75 Å². The quantitative estimate of drug-likeness (QED) is 0.830. The predicted octanol–water partition coefficient (Wildman–Crippen LogP) is 3.74. The van der Waals surface area contributed by atoms with Crippen LogP contribution in [0.1, 0.15) is 61.1 Å². The second-order valence-corrected chi connectivity index (χ2v) is 8.13. The van der Waals surface area contributed by atoms with Gasteiger partial charge in [0.15, 0.2) is 0 Å². The maximum atomic E-state index is 12.3. The molecule has 5 heteroatoms. The number of para-hydroxylation sites is 1. The molecule has 1 atom stereocenters. The topological polar surface area (TPSA) is 67.4 Å². The molecular weight excluding hydrogens is 352 g/mol. The highest BCUT2D eigenvalue weighted by atomic mass is 16.5. The maximum Gasteiger partial charge on any atom is 0.251 e. The van der Waals surface area contributed by atoms with Crippen LogP contribution in [0.15, 0.2) is 48.5 Å². The first-order chi connectivity index (χ1) is 13.3. The second-order valence-electron chi connectivity index (χ2n) is 8.13. The van der Waals surface area contributed by atoms with Crippen molar-refractivity contribution < 1.29 is 14.3 Å². The third-order valence-corrected chi connectivity index (χ3v) is 4.94. The van der Waals surface area contributed by atoms with Gasteiger partial charge in [0, 0.05) is 30.5 Å². The molecular formula is C23H28N2O3. The Balaban J connectivity index is 1.47. The van der Waals surface area contributed by atoms with Crippen molar-refractivity contribution in [3.8, 4) is 5.75 Å². The molecule has 1 aliphatic rings. The van der Waals surface area contributed by atoms with Crippen molar-refractivity contribution in [2.24, 2.45) is 0 Å². The van der Waals surface area contributed by atoms with Gasteiger partial charge in [0.05, 0.1) is 12.6 Å². The van der Waals surface area contributed by atoms with E-state index in [9.17, 15) is 9.59 Å². The van der Waals surface area contributed by atoms with Crippen molar-refractivity contribution in [2.75, 3.05) is 13.2 Å². The Hall–Kier alpha value is -2.82. The van der Waals surface area contributed by atoms with E-state index in [0.717, 1.165) is 17.7 Å². The normalized spacial score (nSPS) is 15.9. The van der Waals surface area contributed by atoms with Crippen molar-refractivity contribution in [1.82, 2.24) is 10.6 Å². The largest absolute Gasteiger partial charge is 0.493 e. The smallest absolute Gasteiger partial charge is 0.251 e. The molecule has 1 heterocycles. The van der Waals surface area contributed by atoms with Gasteiger partial charge in [0.25, 0.3) is 5.91 Å². The Labute approximate surface area is 166 Å². The summed E-state index contributed by atoms with van der Waals surface area (Å²) in [6, 6.07) is 15.3. The van der Waals surface area contributed by atoms with Crippen LogP contribution in [-0.2, 0) is 10.2 Å². The minimum Gasteiger partial charge on any atom is -0.493 e. The SMILES string of the molecule is CC(C)(C)c1ccc(C(=O)NCCC(=O)NC2CCOc3ccccc32)cc1. The number of ether oxygens (including phenoxy) is 1. The third-order valence-electron chi connectivity index (χ3n) is 4.94. The second kappa shape index (κ2) is 8.46. The zero-order valence-electron chi connectivity index (χ0n) is 16.7. The molecule has 2 aromatic carbocycles. The molecule has 0 aliphatic carbocycles. The van der Waals surface area contributed by atoms with E-state index in [4.69, 9.17) is 4.74 Å². The van der Waals surface area contributed by atoms with E-state index in [-0.39, 0.29) is 29.7 Å². The summed E-state index contributed by atoms with van der Waals surface area (Å²) in [5.74, 6) is 0.584. The average Bonchev–Trinajstić information content (AvgIpc) is 2.67. The fraction of sp³-hybridized carbons (Fsp3) is 0.391. The van der Waals surface area contributed by atoms with Crippen molar-refractivity contribution in [1.29, 1.82) is 0 Å². The monoisotopic (exact) mass is 380 g/mol. The summed E-state index contributed by atoms with van der Waals surface area (Å²) in [7, 11) is 0.